The van der Waals surface area contributed by atoms with Crippen LogP contribution in [-0.4, -0.2) is 19.5 Å². The normalized spacial score (nSPS) is 13.2. The average molecular weight is 697 g/mol. The Hall–Kier alpha value is -6.43. The molecule has 4 nitrogen and oxygen atoms in total. The van der Waals surface area contributed by atoms with Crippen LogP contribution in [0.15, 0.2) is 158 Å². The number of aromatic nitrogens is 4. The Bertz CT molecular complexity index is 3020. The van der Waals surface area contributed by atoms with E-state index in [1.165, 1.54) is 69.9 Å². The smallest absolute Gasteiger partial charge is 0.164 e. The second kappa shape index (κ2) is 11.3. The molecule has 0 atom stereocenters. The van der Waals surface area contributed by atoms with Gasteiger partial charge in [0, 0.05) is 53.1 Å². The zero-order valence-corrected chi connectivity index (χ0v) is 30.0. The molecule has 1 aliphatic rings. The van der Waals surface area contributed by atoms with Crippen molar-refractivity contribution in [2.45, 2.75) is 19.3 Å². The number of nitrogens with zero attached hydrogens (tertiary/aromatic N) is 4. The lowest BCUT2D eigenvalue weighted by molar-refractivity contribution is 0.630. The van der Waals surface area contributed by atoms with Gasteiger partial charge in [0.15, 0.2) is 17.5 Å². The zero-order valence-electron chi connectivity index (χ0n) is 29.2. The van der Waals surface area contributed by atoms with Gasteiger partial charge in [-0.3, -0.25) is 0 Å². The number of para-hydroxylation sites is 2. The van der Waals surface area contributed by atoms with Crippen LogP contribution in [0.25, 0.3) is 93.0 Å². The summed E-state index contributed by atoms with van der Waals surface area (Å²) in [5.41, 5.74) is 11.7. The monoisotopic (exact) mass is 696 g/mol. The van der Waals surface area contributed by atoms with Crippen LogP contribution in [0.3, 0.4) is 0 Å². The first-order valence-corrected chi connectivity index (χ1v) is 18.8. The Kier molecular flexibility index (Phi) is 6.43. The zero-order chi connectivity index (χ0) is 35.3. The fraction of sp³-hybridized carbons (Fsp3) is 0.0625. The first-order chi connectivity index (χ1) is 26.0. The van der Waals surface area contributed by atoms with Crippen molar-refractivity contribution in [1.29, 1.82) is 0 Å². The molecule has 3 aromatic heterocycles. The minimum atomic E-state index is -0.162. The Morgan fingerprint density at radius 2 is 0.981 bits per heavy atom. The van der Waals surface area contributed by atoms with Crippen molar-refractivity contribution < 1.29 is 0 Å². The van der Waals surface area contributed by atoms with E-state index in [-0.39, 0.29) is 5.41 Å². The molecule has 0 saturated heterocycles. The summed E-state index contributed by atoms with van der Waals surface area (Å²) in [5.74, 6) is 2.00. The molecule has 5 heteroatoms. The highest BCUT2D eigenvalue weighted by Crippen LogP contribution is 2.48. The van der Waals surface area contributed by atoms with E-state index < -0.39 is 0 Å². The third-order valence-corrected chi connectivity index (χ3v) is 12.2. The van der Waals surface area contributed by atoms with E-state index in [9.17, 15) is 0 Å². The number of benzene rings is 7. The molecule has 4 heterocycles. The first kappa shape index (κ1) is 30.2. The van der Waals surface area contributed by atoms with Gasteiger partial charge in [-0.2, -0.15) is 0 Å². The molecule has 7 aromatic carbocycles. The van der Waals surface area contributed by atoms with Crippen LogP contribution in [0, 0.1) is 0 Å². The van der Waals surface area contributed by atoms with Gasteiger partial charge in [0.05, 0.1) is 16.7 Å². The fourth-order valence-corrected chi connectivity index (χ4v) is 9.43. The molecule has 0 N–H and O–H groups in total. The maximum Gasteiger partial charge on any atom is 0.164 e. The summed E-state index contributed by atoms with van der Waals surface area (Å²) in [7, 11) is 0. The molecule has 250 valence electrons. The van der Waals surface area contributed by atoms with Gasteiger partial charge >= 0.3 is 0 Å². The van der Waals surface area contributed by atoms with Crippen LogP contribution in [0.5, 0.6) is 0 Å². The van der Waals surface area contributed by atoms with Gasteiger partial charge in [-0.25, -0.2) is 15.0 Å². The van der Waals surface area contributed by atoms with E-state index in [4.69, 9.17) is 15.0 Å². The van der Waals surface area contributed by atoms with Crippen LogP contribution < -0.4 is 0 Å². The van der Waals surface area contributed by atoms with Gasteiger partial charge in [0.2, 0.25) is 0 Å². The molecule has 0 saturated carbocycles. The Morgan fingerprint density at radius 3 is 1.68 bits per heavy atom. The second-order valence-corrected chi connectivity index (χ2v) is 15.6. The number of thiophene rings is 1. The van der Waals surface area contributed by atoms with E-state index >= 15 is 0 Å². The van der Waals surface area contributed by atoms with Crippen molar-refractivity contribution in [3.63, 3.8) is 0 Å². The molecule has 53 heavy (non-hydrogen) atoms. The summed E-state index contributed by atoms with van der Waals surface area (Å²) in [4.78, 5) is 14.9. The van der Waals surface area contributed by atoms with E-state index in [0.29, 0.717) is 17.5 Å². The SMILES string of the molecule is CC1(C)c2cc(-c3ccc4sc5ccc(-c6nc(-c7ccccc7)nc(-c7ccccc7)n6)cc5c4c3)ccc2-n2c3ccccc3c3cccc1c32. The van der Waals surface area contributed by atoms with Crippen LogP contribution in [0.2, 0.25) is 0 Å². The summed E-state index contributed by atoms with van der Waals surface area (Å²) in [6.07, 6.45) is 0. The Labute approximate surface area is 310 Å². The maximum absolute atomic E-state index is 5.01. The lowest BCUT2D eigenvalue weighted by Gasteiger charge is -2.35. The van der Waals surface area contributed by atoms with Crippen molar-refractivity contribution in [1.82, 2.24) is 19.5 Å². The van der Waals surface area contributed by atoms with Gasteiger partial charge in [-0.15, -0.1) is 11.3 Å². The van der Waals surface area contributed by atoms with Gasteiger partial charge in [0.1, 0.15) is 0 Å². The van der Waals surface area contributed by atoms with Gasteiger partial charge < -0.3 is 4.57 Å². The third kappa shape index (κ3) is 4.57. The molecule has 1 aliphatic heterocycles. The number of hydrogen-bond donors (Lipinski definition) is 0. The first-order valence-electron chi connectivity index (χ1n) is 18.0. The van der Waals surface area contributed by atoms with E-state index in [1.807, 2.05) is 72.0 Å². The summed E-state index contributed by atoms with van der Waals surface area (Å²) in [6.45, 7) is 4.74. The van der Waals surface area contributed by atoms with Crippen molar-refractivity contribution in [3.8, 4) is 51.0 Å². The Balaban J connectivity index is 1.05. The topological polar surface area (TPSA) is 43.6 Å². The summed E-state index contributed by atoms with van der Waals surface area (Å²) in [5, 5.41) is 5.07. The minimum absolute atomic E-state index is 0.162. The molecule has 0 spiro atoms. The molecule has 0 unspecified atom stereocenters. The molecule has 0 aliphatic carbocycles. The number of rotatable bonds is 4. The van der Waals surface area contributed by atoms with Crippen LogP contribution in [0.4, 0.5) is 0 Å². The molecular weight excluding hydrogens is 665 g/mol. The second-order valence-electron chi connectivity index (χ2n) is 14.5. The number of hydrogen-bond acceptors (Lipinski definition) is 4. The molecule has 0 radical (unpaired) electrons. The summed E-state index contributed by atoms with van der Waals surface area (Å²) in [6, 6.07) is 56.5. The lowest BCUT2D eigenvalue weighted by Crippen LogP contribution is -2.26. The quantitative estimate of drug-likeness (QED) is 0.184. The molecule has 0 bridgehead atoms. The van der Waals surface area contributed by atoms with Crippen molar-refractivity contribution in [3.05, 3.63) is 169 Å². The average Bonchev–Trinajstić information content (AvgIpc) is 3.76. The largest absolute Gasteiger partial charge is 0.309 e. The highest BCUT2D eigenvalue weighted by molar-refractivity contribution is 7.25. The minimum Gasteiger partial charge on any atom is -0.309 e. The summed E-state index contributed by atoms with van der Waals surface area (Å²) < 4.78 is 4.99. The molecule has 10 aromatic rings. The fourth-order valence-electron chi connectivity index (χ4n) is 8.36. The van der Waals surface area contributed by atoms with Gasteiger partial charge in [-0.1, -0.05) is 123 Å². The van der Waals surface area contributed by atoms with Crippen molar-refractivity contribution in [2.75, 3.05) is 0 Å². The standard InChI is InChI=1S/C48H32N4S/c1-48(2)38-18-11-17-35-34-16-9-10-19-40(34)52(44(35)38)41-23-20-32(28-39(41)48)31-21-24-42-36(26-31)37-27-33(22-25-43(37)53-42)47-50-45(29-12-5-3-6-13-29)49-46(51-47)30-14-7-4-8-15-30/h3-28H,1-2H3. The predicted molar refractivity (Wildman–Crippen MR) is 221 cm³/mol. The van der Waals surface area contributed by atoms with E-state index in [0.717, 1.165) is 16.7 Å². The molecule has 11 rings (SSSR count). The van der Waals surface area contributed by atoms with Crippen molar-refractivity contribution >= 4 is 53.3 Å². The van der Waals surface area contributed by atoms with Gasteiger partial charge in [0.25, 0.3) is 0 Å². The Morgan fingerprint density at radius 1 is 0.434 bits per heavy atom. The maximum atomic E-state index is 5.01. The summed E-state index contributed by atoms with van der Waals surface area (Å²) >= 11 is 1.83. The highest BCUT2D eigenvalue weighted by atomic mass is 32.1. The van der Waals surface area contributed by atoms with Crippen LogP contribution >= 0.6 is 11.3 Å². The molecular formula is C48H32N4S. The third-order valence-electron chi connectivity index (χ3n) is 11.0. The van der Waals surface area contributed by atoms with E-state index in [1.54, 1.807) is 0 Å². The van der Waals surface area contributed by atoms with Crippen molar-refractivity contribution in [2.24, 2.45) is 0 Å². The van der Waals surface area contributed by atoms with Crippen LogP contribution in [0.1, 0.15) is 25.0 Å². The molecule has 0 fully saturated rings. The highest BCUT2D eigenvalue weighted by Gasteiger charge is 2.35. The number of fused-ring (bicyclic) bond motifs is 8. The van der Waals surface area contributed by atoms with Gasteiger partial charge in [-0.05, 0) is 70.8 Å². The lowest BCUT2D eigenvalue weighted by atomic mass is 9.74. The predicted octanol–water partition coefficient (Wildman–Crippen LogP) is 12.6. The van der Waals surface area contributed by atoms with Crippen LogP contribution in [-0.2, 0) is 5.41 Å². The molecule has 0 amide bonds. The van der Waals surface area contributed by atoms with E-state index in [2.05, 4.69) is 115 Å².